The zero-order valence-electron chi connectivity index (χ0n) is 13.0. The number of nitrogens with zero attached hydrogens (tertiary/aromatic N) is 4. The number of methoxy groups -OCH3 is 1. The summed E-state index contributed by atoms with van der Waals surface area (Å²) >= 11 is 0. The van der Waals surface area contributed by atoms with Crippen molar-refractivity contribution in [2.24, 2.45) is 0 Å². The van der Waals surface area contributed by atoms with Crippen LogP contribution in [0, 0.1) is 6.92 Å². The fourth-order valence-corrected chi connectivity index (χ4v) is 2.10. The molecule has 7 nitrogen and oxygen atoms in total. The zero-order chi connectivity index (χ0) is 16.1. The van der Waals surface area contributed by atoms with Crippen LogP contribution < -0.4 is 10.1 Å². The molecule has 0 spiro atoms. The summed E-state index contributed by atoms with van der Waals surface area (Å²) in [6.45, 7) is 2.54. The van der Waals surface area contributed by atoms with Crippen molar-refractivity contribution in [3.8, 4) is 17.5 Å². The molecule has 0 saturated carbocycles. The highest BCUT2D eigenvalue weighted by Crippen LogP contribution is 2.18. The molecule has 0 bridgehead atoms. The molecule has 0 aliphatic carbocycles. The average molecular weight is 311 g/mol. The Kier molecular flexibility index (Phi) is 4.46. The Morgan fingerprint density at radius 3 is 2.65 bits per heavy atom. The van der Waals surface area contributed by atoms with Crippen molar-refractivity contribution in [1.82, 2.24) is 20.2 Å². The van der Waals surface area contributed by atoms with Gasteiger partial charge in [0.05, 0.1) is 7.11 Å². The number of nitrogens with one attached hydrogen (secondary N) is 1. The van der Waals surface area contributed by atoms with Gasteiger partial charge in [-0.1, -0.05) is 12.1 Å². The maximum atomic E-state index is 5.41. The maximum Gasteiger partial charge on any atom is 0.318 e. The quantitative estimate of drug-likeness (QED) is 0.748. The molecular weight excluding hydrogens is 294 g/mol. The van der Waals surface area contributed by atoms with Crippen molar-refractivity contribution in [2.45, 2.75) is 13.3 Å². The van der Waals surface area contributed by atoms with Gasteiger partial charge in [0, 0.05) is 25.2 Å². The Bertz CT molecular complexity index is 770. The van der Waals surface area contributed by atoms with E-state index in [4.69, 9.17) is 9.15 Å². The van der Waals surface area contributed by atoms with E-state index in [-0.39, 0.29) is 0 Å². The topological polar surface area (TPSA) is 86.0 Å². The van der Waals surface area contributed by atoms with Crippen molar-refractivity contribution in [1.29, 1.82) is 0 Å². The van der Waals surface area contributed by atoms with Crippen LogP contribution in [-0.2, 0) is 6.42 Å². The van der Waals surface area contributed by atoms with E-state index >= 15 is 0 Å². The van der Waals surface area contributed by atoms with Gasteiger partial charge >= 0.3 is 6.01 Å². The Morgan fingerprint density at radius 2 is 1.96 bits per heavy atom. The highest BCUT2D eigenvalue weighted by Gasteiger charge is 2.05. The second-order valence-electron chi connectivity index (χ2n) is 4.93. The van der Waals surface area contributed by atoms with Gasteiger partial charge < -0.3 is 14.5 Å². The molecule has 1 aromatic carbocycles. The van der Waals surface area contributed by atoms with E-state index in [1.807, 2.05) is 18.2 Å². The van der Waals surface area contributed by atoms with Crippen LogP contribution in [0.2, 0.25) is 0 Å². The van der Waals surface area contributed by atoms with Crippen molar-refractivity contribution in [2.75, 3.05) is 19.0 Å². The smallest absolute Gasteiger partial charge is 0.318 e. The maximum absolute atomic E-state index is 5.41. The average Bonchev–Trinajstić information content (AvgIpc) is 3.02. The lowest BCUT2D eigenvalue weighted by atomic mass is 10.1. The number of rotatable bonds is 6. The van der Waals surface area contributed by atoms with Crippen LogP contribution in [0.1, 0.15) is 11.5 Å². The number of aromatic nitrogens is 4. The van der Waals surface area contributed by atoms with Gasteiger partial charge in [-0.3, -0.25) is 0 Å². The van der Waals surface area contributed by atoms with E-state index in [9.17, 15) is 0 Å². The minimum atomic E-state index is 0.356. The normalized spacial score (nSPS) is 10.5. The number of hydrogen-bond donors (Lipinski definition) is 1. The van der Waals surface area contributed by atoms with Crippen molar-refractivity contribution >= 4 is 5.82 Å². The summed E-state index contributed by atoms with van der Waals surface area (Å²) in [5.41, 5.74) is 2.13. The third kappa shape index (κ3) is 3.82. The van der Waals surface area contributed by atoms with E-state index in [0.29, 0.717) is 17.8 Å². The molecule has 3 aromatic rings. The van der Waals surface area contributed by atoms with E-state index < -0.39 is 0 Å². The van der Waals surface area contributed by atoms with Crippen LogP contribution in [-0.4, -0.2) is 33.8 Å². The Labute approximate surface area is 133 Å². The zero-order valence-corrected chi connectivity index (χ0v) is 13.0. The minimum Gasteiger partial charge on any atom is -0.467 e. The molecule has 0 aliphatic heterocycles. The standard InChI is InChI=1S/C16H17N5O2/c1-11-20-21-15(23-11)13-5-3-12(4-6-13)7-9-17-14-8-10-18-16(19-14)22-2/h3-6,8,10H,7,9H2,1-2H3,(H,17,18,19). The highest BCUT2D eigenvalue weighted by molar-refractivity contribution is 5.53. The molecular formula is C16H17N5O2. The molecule has 0 fully saturated rings. The first-order valence-corrected chi connectivity index (χ1v) is 7.25. The summed E-state index contributed by atoms with van der Waals surface area (Å²) < 4.78 is 10.4. The molecule has 2 aromatic heterocycles. The lowest BCUT2D eigenvalue weighted by Crippen LogP contribution is -2.07. The molecule has 0 aliphatic rings. The summed E-state index contributed by atoms with van der Waals surface area (Å²) in [5, 5.41) is 11.1. The first-order valence-electron chi connectivity index (χ1n) is 7.25. The molecule has 0 saturated heterocycles. The number of ether oxygens (including phenoxy) is 1. The Hall–Kier alpha value is -2.96. The molecule has 0 unspecified atom stereocenters. The van der Waals surface area contributed by atoms with Gasteiger partial charge in [0.15, 0.2) is 0 Å². The van der Waals surface area contributed by atoms with Gasteiger partial charge in [-0.05, 0) is 30.2 Å². The number of benzene rings is 1. The lowest BCUT2D eigenvalue weighted by molar-refractivity contribution is 0.380. The van der Waals surface area contributed by atoms with E-state index in [0.717, 1.165) is 24.3 Å². The largest absolute Gasteiger partial charge is 0.467 e. The van der Waals surface area contributed by atoms with Gasteiger partial charge in [0.1, 0.15) is 5.82 Å². The van der Waals surface area contributed by atoms with Crippen LogP contribution in [0.4, 0.5) is 5.82 Å². The predicted molar refractivity (Wildman–Crippen MR) is 85.2 cm³/mol. The second kappa shape index (κ2) is 6.87. The molecule has 1 N–H and O–H groups in total. The van der Waals surface area contributed by atoms with Crippen LogP contribution >= 0.6 is 0 Å². The molecule has 2 heterocycles. The summed E-state index contributed by atoms with van der Waals surface area (Å²) in [6, 6.07) is 10.2. The van der Waals surface area contributed by atoms with Gasteiger partial charge in [-0.2, -0.15) is 4.98 Å². The fourth-order valence-electron chi connectivity index (χ4n) is 2.10. The van der Waals surface area contributed by atoms with E-state index in [1.165, 1.54) is 5.56 Å². The minimum absolute atomic E-state index is 0.356. The summed E-state index contributed by atoms with van der Waals surface area (Å²) in [7, 11) is 1.55. The number of aryl methyl sites for hydroxylation is 1. The Morgan fingerprint density at radius 1 is 1.13 bits per heavy atom. The first kappa shape index (κ1) is 15.0. The number of hydrogen-bond acceptors (Lipinski definition) is 7. The lowest BCUT2D eigenvalue weighted by Gasteiger charge is -2.06. The molecule has 0 amide bonds. The van der Waals surface area contributed by atoms with Crippen LogP contribution in [0.3, 0.4) is 0 Å². The van der Waals surface area contributed by atoms with E-state index in [2.05, 4.69) is 37.6 Å². The third-order valence-corrected chi connectivity index (χ3v) is 3.26. The second-order valence-corrected chi connectivity index (χ2v) is 4.93. The number of anilines is 1. The van der Waals surface area contributed by atoms with Crippen LogP contribution in [0.5, 0.6) is 6.01 Å². The van der Waals surface area contributed by atoms with Gasteiger partial charge in [-0.25, -0.2) is 4.98 Å². The molecule has 118 valence electrons. The summed E-state index contributed by atoms with van der Waals surface area (Å²) in [4.78, 5) is 8.18. The molecule has 3 rings (SSSR count). The summed E-state index contributed by atoms with van der Waals surface area (Å²) in [5.74, 6) is 1.85. The van der Waals surface area contributed by atoms with Gasteiger partial charge in [0.25, 0.3) is 0 Å². The van der Waals surface area contributed by atoms with E-state index in [1.54, 1.807) is 20.2 Å². The monoisotopic (exact) mass is 311 g/mol. The SMILES string of the molecule is COc1nccc(NCCc2ccc(-c3nnc(C)o3)cc2)n1. The molecule has 0 radical (unpaired) electrons. The van der Waals surface area contributed by atoms with Gasteiger partial charge in [0.2, 0.25) is 11.8 Å². The molecule has 7 heteroatoms. The van der Waals surface area contributed by atoms with Gasteiger partial charge in [-0.15, -0.1) is 10.2 Å². The molecule has 23 heavy (non-hydrogen) atoms. The molecule has 0 atom stereocenters. The Balaban J connectivity index is 1.56. The van der Waals surface area contributed by atoms with Crippen molar-refractivity contribution < 1.29 is 9.15 Å². The van der Waals surface area contributed by atoms with Crippen LogP contribution in [0.25, 0.3) is 11.5 Å². The van der Waals surface area contributed by atoms with Crippen LogP contribution in [0.15, 0.2) is 40.9 Å². The summed E-state index contributed by atoms with van der Waals surface area (Å²) in [6.07, 6.45) is 2.53. The highest BCUT2D eigenvalue weighted by atomic mass is 16.5. The predicted octanol–water partition coefficient (Wildman–Crippen LogP) is 2.50. The van der Waals surface area contributed by atoms with Crippen molar-refractivity contribution in [3.63, 3.8) is 0 Å². The fraction of sp³-hybridized carbons (Fsp3) is 0.250. The van der Waals surface area contributed by atoms with Crippen molar-refractivity contribution in [3.05, 3.63) is 48.0 Å². The first-order chi connectivity index (χ1) is 11.2. The third-order valence-electron chi connectivity index (χ3n) is 3.26.